The van der Waals surface area contributed by atoms with E-state index in [4.69, 9.17) is 5.73 Å². The second-order valence-electron chi connectivity index (χ2n) is 5.23. The number of hydrogen-bond acceptors (Lipinski definition) is 1. The highest BCUT2D eigenvalue weighted by Gasteiger charge is 2.58. The third kappa shape index (κ3) is 0.618. The molecule has 0 radical (unpaired) electrons. The highest BCUT2D eigenvalue weighted by molar-refractivity contribution is 5.20. The number of rotatable bonds is 1. The minimum absolute atomic E-state index is 0.410. The van der Waals surface area contributed by atoms with Crippen LogP contribution in [0.25, 0.3) is 0 Å². The lowest BCUT2D eigenvalue weighted by Gasteiger charge is -2.32. The smallest absolute Gasteiger partial charge is 0.0126 e. The molecular weight excluding hydrogens is 146 g/mol. The van der Waals surface area contributed by atoms with Crippen molar-refractivity contribution in [2.45, 2.75) is 32.1 Å². The summed E-state index contributed by atoms with van der Waals surface area (Å²) in [5, 5.41) is 0. The van der Waals surface area contributed by atoms with Gasteiger partial charge in [0.15, 0.2) is 0 Å². The number of allylic oxidation sites excluding steroid dienone is 1. The van der Waals surface area contributed by atoms with E-state index in [2.05, 4.69) is 6.58 Å². The lowest BCUT2D eigenvalue weighted by atomic mass is 9.74. The molecule has 2 N–H and O–H groups in total. The van der Waals surface area contributed by atoms with E-state index in [1.54, 1.807) is 0 Å². The predicted molar refractivity (Wildman–Crippen MR) is 49.3 cm³/mol. The summed E-state index contributed by atoms with van der Waals surface area (Å²) in [7, 11) is 0. The first-order valence-electron chi connectivity index (χ1n) is 5.15. The zero-order valence-electron chi connectivity index (χ0n) is 7.55. The molecule has 0 heterocycles. The van der Waals surface area contributed by atoms with E-state index in [0.717, 1.165) is 23.5 Å². The second kappa shape index (κ2) is 1.89. The Bertz CT molecular complexity index is 229. The molecular formula is C11H17N. The lowest BCUT2D eigenvalue weighted by molar-refractivity contribution is 0.240. The predicted octanol–water partition coefficient (Wildman–Crippen LogP) is 2.29. The molecule has 4 aliphatic rings. The molecule has 0 spiro atoms. The van der Waals surface area contributed by atoms with Gasteiger partial charge in [-0.1, -0.05) is 6.58 Å². The minimum Gasteiger partial charge on any atom is -0.402 e. The Morgan fingerprint density at radius 1 is 1.17 bits per heavy atom. The SMILES string of the molecule is C=C(N)C12CC3CC(CC1C3)C2. The molecule has 0 aromatic rings. The van der Waals surface area contributed by atoms with Gasteiger partial charge in [0.05, 0.1) is 0 Å². The molecule has 4 aliphatic carbocycles. The fraction of sp³-hybridized carbons (Fsp3) is 0.818. The van der Waals surface area contributed by atoms with Gasteiger partial charge in [-0.2, -0.15) is 0 Å². The summed E-state index contributed by atoms with van der Waals surface area (Å²) in [5.74, 6) is 2.92. The van der Waals surface area contributed by atoms with Crippen LogP contribution in [0, 0.1) is 23.2 Å². The Morgan fingerprint density at radius 2 is 1.75 bits per heavy atom. The second-order valence-corrected chi connectivity index (χ2v) is 5.23. The van der Waals surface area contributed by atoms with E-state index < -0.39 is 0 Å². The molecule has 1 heteroatoms. The molecule has 2 atom stereocenters. The molecule has 66 valence electrons. The van der Waals surface area contributed by atoms with Gasteiger partial charge < -0.3 is 5.73 Å². The van der Waals surface area contributed by atoms with Crippen LogP contribution in [0.5, 0.6) is 0 Å². The zero-order chi connectivity index (χ0) is 8.34. The maximum absolute atomic E-state index is 5.96. The molecule has 0 saturated heterocycles. The van der Waals surface area contributed by atoms with Crippen molar-refractivity contribution in [3.8, 4) is 0 Å². The third-order valence-electron chi connectivity index (χ3n) is 4.63. The first kappa shape index (κ1) is 6.99. The van der Waals surface area contributed by atoms with Crippen molar-refractivity contribution in [1.29, 1.82) is 0 Å². The molecule has 0 aromatic carbocycles. The van der Waals surface area contributed by atoms with Gasteiger partial charge in [0, 0.05) is 11.1 Å². The van der Waals surface area contributed by atoms with Crippen molar-refractivity contribution in [3.05, 3.63) is 12.3 Å². The molecule has 2 unspecified atom stereocenters. The average Bonchev–Trinajstić information content (AvgIpc) is 2.37. The van der Waals surface area contributed by atoms with Crippen molar-refractivity contribution < 1.29 is 0 Å². The van der Waals surface area contributed by atoms with Crippen LogP contribution < -0.4 is 5.73 Å². The summed E-state index contributed by atoms with van der Waals surface area (Å²) in [6.45, 7) is 4.00. The first-order valence-corrected chi connectivity index (χ1v) is 5.15. The van der Waals surface area contributed by atoms with E-state index in [0.29, 0.717) is 5.41 Å². The highest BCUT2D eigenvalue weighted by Crippen LogP contribution is 2.66. The van der Waals surface area contributed by atoms with Crippen LogP contribution in [-0.2, 0) is 0 Å². The fourth-order valence-corrected chi connectivity index (χ4v) is 4.32. The topological polar surface area (TPSA) is 26.0 Å². The van der Waals surface area contributed by atoms with Crippen LogP contribution >= 0.6 is 0 Å². The van der Waals surface area contributed by atoms with Gasteiger partial charge in [-0.3, -0.25) is 0 Å². The van der Waals surface area contributed by atoms with Crippen molar-refractivity contribution >= 4 is 0 Å². The van der Waals surface area contributed by atoms with E-state index in [9.17, 15) is 0 Å². The fourth-order valence-electron chi connectivity index (χ4n) is 4.32. The normalized spacial score (nSPS) is 54.8. The van der Waals surface area contributed by atoms with E-state index in [1.165, 1.54) is 32.1 Å². The van der Waals surface area contributed by atoms with E-state index in [1.807, 2.05) is 0 Å². The van der Waals surface area contributed by atoms with Crippen LogP contribution in [0.2, 0.25) is 0 Å². The van der Waals surface area contributed by atoms with Crippen LogP contribution in [0.1, 0.15) is 32.1 Å². The van der Waals surface area contributed by atoms with Gasteiger partial charge in [-0.15, -0.1) is 0 Å². The van der Waals surface area contributed by atoms with Gasteiger partial charge in [0.2, 0.25) is 0 Å². The number of hydrogen-bond donors (Lipinski definition) is 1. The molecule has 0 amide bonds. The van der Waals surface area contributed by atoms with E-state index in [-0.39, 0.29) is 0 Å². The quantitative estimate of drug-likeness (QED) is 0.630. The average molecular weight is 163 g/mol. The molecule has 0 aromatic heterocycles. The largest absolute Gasteiger partial charge is 0.402 e. The summed E-state index contributed by atoms with van der Waals surface area (Å²) in [6.07, 6.45) is 7.12. The minimum atomic E-state index is 0.410. The summed E-state index contributed by atoms with van der Waals surface area (Å²) >= 11 is 0. The molecule has 4 rings (SSSR count). The van der Waals surface area contributed by atoms with Gasteiger partial charge in [0.25, 0.3) is 0 Å². The molecule has 4 bridgehead atoms. The van der Waals surface area contributed by atoms with Crippen LogP contribution in [0.3, 0.4) is 0 Å². The molecule has 4 fully saturated rings. The summed E-state index contributed by atoms with van der Waals surface area (Å²) in [4.78, 5) is 0. The molecule has 12 heavy (non-hydrogen) atoms. The Balaban J connectivity index is 2.03. The van der Waals surface area contributed by atoms with Gasteiger partial charge in [-0.05, 0) is 49.9 Å². The van der Waals surface area contributed by atoms with Crippen LogP contribution in [0.15, 0.2) is 12.3 Å². The Hall–Kier alpha value is -0.460. The van der Waals surface area contributed by atoms with Gasteiger partial charge >= 0.3 is 0 Å². The van der Waals surface area contributed by atoms with Crippen molar-refractivity contribution in [2.75, 3.05) is 0 Å². The monoisotopic (exact) mass is 163 g/mol. The van der Waals surface area contributed by atoms with Crippen molar-refractivity contribution in [2.24, 2.45) is 28.9 Å². The molecule has 0 aliphatic heterocycles. The number of nitrogens with two attached hydrogens (primary N) is 1. The zero-order valence-corrected chi connectivity index (χ0v) is 7.55. The maximum Gasteiger partial charge on any atom is 0.0126 e. The first-order chi connectivity index (χ1) is 5.71. The molecule has 4 saturated carbocycles. The van der Waals surface area contributed by atoms with Crippen molar-refractivity contribution in [1.82, 2.24) is 0 Å². The summed E-state index contributed by atoms with van der Waals surface area (Å²) in [5.41, 5.74) is 7.37. The Morgan fingerprint density at radius 3 is 2.17 bits per heavy atom. The third-order valence-corrected chi connectivity index (χ3v) is 4.63. The van der Waals surface area contributed by atoms with Gasteiger partial charge in [0.1, 0.15) is 0 Å². The van der Waals surface area contributed by atoms with E-state index >= 15 is 0 Å². The van der Waals surface area contributed by atoms with Crippen LogP contribution in [-0.4, -0.2) is 0 Å². The Labute approximate surface area is 74.0 Å². The summed E-state index contributed by atoms with van der Waals surface area (Å²) < 4.78 is 0. The standard InChI is InChI=1S/C11H17N/c1-7(12)11-5-8-2-9(6-11)4-10(11)3-8/h8-10H,1-6,12H2. The highest BCUT2D eigenvalue weighted by atomic mass is 14.7. The van der Waals surface area contributed by atoms with Gasteiger partial charge in [-0.25, -0.2) is 0 Å². The van der Waals surface area contributed by atoms with Crippen LogP contribution in [0.4, 0.5) is 0 Å². The molecule has 1 nitrogen and oxygen atoms in total. The Kier molecular flexibility index (Phi) is 1.10. The maximum atomic E-state index is 5.96. The van der Waals surface area contributed by atoms with Crippen molar-refractivity contribution in [3.63, 3.8) is 0 Å². The lowest BCUT2D eigenvalue weighted by Crippen LogP contribution is -2.28. The summed E-state index contributed by atoms with van der Waals surface area (Å²) in [6, 6.07) is 0.